The maximum atomic E-state index is 13.6. The molecule has 4 aromatic rings. The Bertz CT molecular complexity index is 1510. The lowest BCUT2D eigenvalue weighted by molar-refractivity contribution is 0.0526. The number of rotatable bonds is 13. The molecule has 0 saturated carbocycles. The predicted molar refractivity (Wildman–Crippen MR) is 166 cm³/mol. The van der Waals surface area contributed by atoms with Gasteiger partial charge in [-0.25, -0.2) is 19.3 Å². The molecule has 43 heavy (non-hydrogen) atoms. The van der Waals surface area contributed by atoms with Crippen molar-refractivity contribution in [3.8, 4) is 11.8 Å². The predicted octanol–water partition coefficient (Wildman–Crippen LogP) is 6.09. The Hall–Kier alpha value is -5.17. The molecule has 2 atom stereocenters. The molecular weight excluding hydrogens is 542 g/mol. The molecule has 2 aromatic carbocycles. The summed E-state index contributed by atoms with van der Waals surface area (Å²) in [6.45, 7) is 6.61. The van der Waals surface area contributed by atoms with E-state index in [9.17, 15) is 9.59 Å². The highest BCUT2D eigenvalue weighted by Gasteiger charge is 2.23. The highest BCUT2D eigenvalue weighted by Crippen LogP contribution is 2.24. The quantitative estimate of drug-likeness (QED) is 0.184. The number of hydrogen-bond donors (Lipinski definition) is 2. The van der Waals surface area contributed by atoms with E-state index >= 15 is 0 Å². The van der Waals surface area contributed by atoms with Crippen LogP contribution in [0.1, 0.15) is 61.5 Å². The number of anilines is 2. The molecule has 0 aliphatic rings. The normalized spacial score (nSPS) is 12.0. The highest BCUT2D eigenvalue weighted by atomic mass is 16.5. The Morgan fingerprint density at radius 3 is 2.44 bits per heavy atom. The van der Waals surface area contributed by atoms with E-state index in [1.807, 2.05) is 67.6 Å². The van der Waals surface area contributed by atoms with Crippen molar-refractivity contribution in [2.45, 2.75) is 58.7 Å². The van der Waals surface area contributed by atoms with Crippen LogP contribution in [0.4, 0.5) is 16.3 Å². The molecule has 0 fully saturated rings. The number of esters is 1. The van der Waals surface area contributed by atoms with Crippen LogP contribution in [-0.2, 0) is 11.3 Å². The standard InChI is InChI=1S/C33H37N7O3/c1-4-28(38-31-18-12-26(19-34)21-35-31)13-11-24(3)40(33(42)36-20-25-9-7-6-8-10-25)30-16-14-29(15-17-30)39-23-27(22-37-39)32(41)43-5-2/h6-10,12,14-18,21-24,28H,4-5,11,13,20H2,1-3H3,(H,35,38)(H,36,42)/t24-,28+/m1/s1. The molecule has 0 saturated heterocycles. The zero-order chi connectivity index (χ0) is 30.6. The van der Waals surface area contributed by atoms with Crippen LogP contribution in [0.2, 0.25) is 0 Å². The molecule has 2 aromatic heterocycles. The summed E-state index contributed by atoms with van der Waals surface area (Å²) in [6, 6.07) is 22.8. The van der Waals surface area contributed by atoms with Crippen LogP contribution in [-0.4, -0.2) is 45.5 Å². The molecular formula is C33H37N7O3. The molecule has 0 spiro atoms. The van der Waals surface area contributed by atoms with Gasteiger partial charge in [0.2, 0.25) is 0 Å². The van der Waals surface area contributed by atoms with Crippen LogP contribution < -0.4 is 15.5 Å². The number of pyridine rings is 1. The first kappa shape index (κ1) is 30.8. The van der Waals surface area contributed by atoms with Crippen LogP contribution in [0.3, 0.4) is 0 Å². The van der Waals surface area contributed by atoms with Gasteiger partial charge < -0.3 is 15.4 Å². The smallest absolute Gasteiger partial charge is 0.341 e. The van der Waals surface area contributed by atoms with Crippen LogP contribution in [0.5, 0.6) is 0 Å². The number of ether oxygens (including phenoxy) is 1. The first-order valence-electron chi connectivity index (χ1n) is 14.5. The summed E-state index contributed by atoms with van der Waals surface area (Å²) in [6.07, 6.45) is 7.08. The molecule has 10 heteroatoms. The molecule has 4 rings (SSSR count). The minimum absolute atomic E-state index is 0.119. The summed E-state index contributed by atoms with van der Waals surface area (Å²) in [7, 11) is 0. The van der Waals surface area contributed by atoms with E-state index in [0.717, 1.165) is 42.0 Å². The maximum absolute atomic E-state index is 13.6. The van der Waals surface area contributed by atoms with Crippen LogP contribution >= 0.6 is 0 Å². The lowest BCUT2D eigenvalue weighted by Gasteiger charge is -2.31. The number of carbonyl (C=O) groups is 2. The van der Waals surface area contributed by atoms with E-state index < -0.39 is 5.97 Å². The number of carbonyl (C=O) groups excluding carboxylic acids is 2. The fourth-order valence-electron chi connectivity index (χ4n) is 4.68. The molecule has 0 bridgehead atoms. The van der Waals surface area contributed by atoms with Gasteiger partial charge in [-0.2, -0.15) is 10.4 Å². The molecule has 0 aliphatic carbocycles. The van der Waals surface area contributed by atoms with Gasteiger partial charge >= 0.3 is 12.0 Å². The Morgan fingerprint density at radius 2 is 1.79 bits per heavy atom. The lowest BCUT2D eigenvalue weighted by atomic mass is 10.0. The van der Waals surface area contributed by atoms with Crippen molar-refractivity contribution >= 4 is 23.5 Å². The summed E-state index contributed by atoms with van der Waals surface area (Å²) in [5.41, 5.74) is 3.40. The summed E-state index contributed by atoms with van der Waals surface area (Å²) in [4.78, 5) is 31.8. The third-order valence-electron chi connectivity index (χ3n) is 7.10. The Kier molecular flexibility index (Phi) is 10.9. The van der Waals surface area contributed by atoms with Gasteiger partial charge in [0.05, 0.1) is 29.6 Å². The first-order chi connectivity index (χ1) is 20.9. The summed E-state index contributed by atoms with van der Waals surface area (Å²) in [5.74, 6) is 0.298. The second-order valence-corrected chi connectivity index (χ2v) is 10.1. The van der Waals surface area contributed by atoms with Crippen molar-refractivity contribution in [1.29, 1.82) is 5.26 Å². The lowest BCUT2D eigenvalue weighted by Crippen LogP contribution is -2.45. The van der Waals surface area contributed by atoms with E-state index in [1.54, 1.807) is 35.0 Å². The van der Waals surface area contributed by atoms with E-state index in [1.165, 1.54) is 6.20 Å². The number of nitrogens with zero attached hydrogens (tertiary/aromatic N) is 5. The number of urea groups is 1. The zero-order valence-electron chi connectivity index (χ0n) is 24.7. The number of amides is 2. The van der Waals surface area contributed by atoms with Crippen molar-refractivity contribution in [3.05, 3.63) is 102 Å². The Labute approximate surface area is 252 Å². The van der Waals surface area contributed by atoms with Gasteiger partial charge in [-0.15, -0.1) is 0 Å². The SMILES string of the molecule is CCOC(=O)c1cnn(-c2ccc(N(C(=O)NCc3ccccc3)[C@H](C)CC[C@H](CC)Nc3ccc(C#N)cn3)cc2)c1. The van der Waals surface area contributed by atoms with Gasteiger partial charge in [-0.3, -0.25) is 4.90 Å². The van der Waals surface area contributed by atoms with Crippen molar-refractivity contribution in [2.75, 3.05) is 16.8 Å². The molecule has 222 valence electrons. The van der Waals surface area contributed by atoms with Crippen molar-refractivity contribution in [3.63, 3.8) is 0 Å². The summed E-state index contributed by atoms with van der Waals surface area (Å²) in [5, 5.41) is 19.9. The average Bonchev–Trinajstić information content (AvgIpc) is 3.54. The summed E-state index contributed by atoms with van der Waals surface area (Å²) < 4.78 is 6.67. The van der Waals surface area contributed by atoms with Gasteiger partial charge in [-0.05, 0) is 75.1 Å². The largest absolute Gasteiger partial charge is 0.462 e. The first-order valence-corrected chi connectivity index (χ1v) is 14.5. The van der Waals surface area contributed by atoms with E-state index in [0.29, 0.717) is 24.3 Å². The molecule has 2 heterocycles. The number of benzene rings is 2. The van der Waals surface area contributed by atoms with Crippen LogP contribution in [0, 0.1) is 11.3 Å². The monoisotopic (exact) mass is 579 g/mol. The maximum Gasteiger partial charge on any atom is 0.341 e. The second kappa shape index (κ2) is 15.2. The molecule has 10 nitrogen and oxygen atoms in total. The van der Waals surface area contributed by atoms with Crippen molar-refractivity contribution in [2.24, 2.45) is 0 Å². The van der Waals surface area contributed by atoms with Gasteiger partial charge in [0.25, 0.3) is 0 Å². The Morgan fingerprint density at radius 1 is 1.02 bits per heavy atom. The molecule has 0 unspecified atom stereocenters. The fraction of sp³-hybridized carbons (Fsp3) is 0.303. The van der Waals surface area contributed by atoms with Gasteiger partial charge in [0.1, 0.15) is 11.9 Å². The van der Waals surface area contributed by atoms with Crippen LogP contribution in [0.15, 0.2) is 85.3 Å². The number of nitriles is 1. The van der Waals surface area contributed by atoms with E-state index in [-0.39, 0.29) is 18.1 Å². The molecule has 0 radical (unpaired) electrons. The zero-order valence-corrected chi connectivity index (χ0v) is 24.7. The fourth-order valence-corrected chi connectivity index (χ4v) is 4.68. The van der Waals surface area contributed by atoms with Crippen LogP contribution in [0.25, 0.3) is 5.69 Å². The average molecular weight is 580 g/mol. The van der Waals surface area contributed by atoms with Gasteiger partial charge in [0, 0.05) is 36.7 Å². The van der Waals surface area contributed by atoms with Gasteiger partial charge in [0.15, 0.2) is 0 Å². The van der Waals surface area contributed by atoms with E-state index in [4.69, 9.17) is 10.00 Å². The molecule has 2 N–H and O–H groups in total. The highest BCUT2D eigenvalue weighted by molar-refractivity contribution is 5.92. The number of aromatic nitrogens is 3. The topological polar surface area (TPSA) is 125 Å². The summed E-state index contributed by atoms with van der Waals surface area (Å²) >= 11 is 0. The van der Waals surface area contributed by atoms with Crippen molar-refractivity contribution in [1.82, 2.24) is 20.1 Å². The third-order valence-corrected chi connectivity index (χ3v) is 7.10. The van der Waals surface area contributed by atoms with Crippen molar-refractivity contribution < 1.29 is 14.3 Å². The minimum Gasteiger partial charge on any atom is -0.462 e. The Balaban J connectivity index is 1.49. The number of nitrogens with one attached hydrogen (secondary N) is 2. The van der Waals surface area contributed by atoms with Gasteiger partial charge in [-0.1, -0.05) is 37.3 Å². The third kappa shape index (κ3) is 8.42. The minimum atomic E-state index is -0.421. The molecule has 0 aliphatic heterocycles. The van der Waals surface area contributed by atoms with E-state index in [2.05, 4.69) is 33.7 Å². The number of hydrogen-bond acceptors (Lipinski definition) is 7. The second-order valence-electron chi connectivity index (χ2n) is 10.1. The molecule has 2 amide bonds.